The summed E-state index contributed by atoms with van der Waals surface area (Å²) in [4.78, 5) is 12.6. The van der Waals surface area contributed by atoms with Crippen LogP contribution in [-0.4, -0.2) is 34.5 Å². The van der Waals surface area contributed by atoms with Crippen LogP contribution in [-0.2, 0) is 15.4 Å². The molecule has 2 atom stereocenters. The second kappa shape index (κ2) is 4.66. The average molecular weight is 310 g/mol. The van der Waals surface area contributed by atoms with E-state index in [2.05, 4.69) is 5.10 Å². The zero-order chi connectivity index (χ0) is 15.4. The Morgan fingerprint density at radius 3 is 2.29 bits per heavy atom. The zero-order valence-corrected chi connectivity index (χ0v) is 13.6. The lowest BCUT2D eigenvalue weighted by molar-refractivity contribution is 0.0905. The fourth-order valence-electron chi connectivity index (χ4n) is 3.47. The van der Waals surface area contributed by atoms with Crippen molar-refractivity contribution in [3.63, 3.8) is 0 Å². The first-order valence-corrected chi connectivity index (χ1v) is 9.12. The highest BCUT2D eigenvalue weighted by Gasteiger charge is 2.48. The smallest absolute Gasteiger partial charge is 0.169 e. The molecule has 5 nitrogen and oxygen atoms in total. The first-order valence-electron chi connectivity index (χ1n) is 7.51. The maximum atomic E-state index is 12.6. The third kappa shape index (κ3) is 2.43. The van der Waals surface area contributed by atoms with Gasteiger partial charge in [-0.2, -0.15) is 5.10 Å². The van der Waals surface area contributed by atoms with Gasteiger partial charge in [-0.15, -0.1) is 0 Å². The van der Waals surface area contributed by atoms with Crippen molar-refractivity contribution in [2.75, 3.05) is 0 Å². The largest absolute Gasteiger partial charge is 0.294 e. The second-order valence-corrected chi connectivity index (χ2v) is 9.80. The van der Waals surface area contributed by atoms with Crippen molar-refractivity contribution in [3.05, 3.63) is 18.0 Å². The molecular weight excluding hydrogens is 288 g/mol. The monoisotopic (exact) mass is 310 g/mol. The van der Waals surface area contributed by atoms with Crippen LogP contribution in [0.1, 0.15) is 56.8 Å². The molecule has 116 valence electrons. The molecule has 0 radical (unpaired) electrons. The molecule has 0 saturated carbocycles. The third-order valence-corrected chi connectivity index (χ3v) is 7.47. The number of carbonyl (C=O) groups is 1. The normalized spacial score (nSPS) is 31.3. The van der Waals surface area contributed by atoms with E-state index in [4.69, 9.17) is 0 Å². The highest BCUT2D eigenvalue weighted by Crippen LogP contribution is 2.42. The highest BCUT2D eigenvalue weighted by atomic mass is 32.2. The van der Waals surface area contributed by atoms with Crippen LogP contribution >= 0.6 is 0 Å². The van der Waals surface area contributed by atoms with Gasteiger partial charge in [0.15, 0.2) is 15.6 Å². The Hall–Kier alpha value is -1.17. The minimum atomic E-state index is -2.97. The van der Waals surface area contributed by atoms with Crippen LogP contribution in [0, 0.1) is 5.92 Å². The number of nitrogens with zero attached hydrogens (tertiary/aromatic N) is 2. The predicted octanol–water partition coefficient (Wildman–Crippen LogP) is 2.18. The number of fused-ring (bicyclic) bond motifs is 2. The molecule has 0 amide bonds. The lowest BCUT2D eigenvalue weighted by Gasteiger charge is -2.26. The van der Waals surface area contributed by atoms with Gasteiger partial charge in [-0.1, -0.05) is 0 Å². The Balaban J connectivity index is 1.80. The third-order valence-electron chi connectivity index (χ3n) is 4.76. The fraction of sp³-hybridized carbons (Fsp3) is 0.733. The Labute approximate surface area is 125 Å². The fourth-order valence-corrected chi connectivity index (χ4v) is 5.95. The van der Waals surface area contributed by atoms with Crippen LogP contribution in [0.3, 0.4) is 0 Å². The number of hydrogen-bond donors (Lipinski definition) is 0. The summed E-state index contributed by atoms with van der Waals surface area (Å²) >= 11 is 0. The topological polar surface area (TPSA) is 69.0 Å². The summed E-state index contributed by atoms with van der Waals surface area (Å²) in [5, 5.41) is 3.66. The van der Waals surface area contributed by atoms with E-state index < -0.39 is 9.84 Å². The molecule has 3 rings (SSSR count). The van der Waals surface area contributed by atoms with Crippen molar-refractivity contribution in [3.8, 4) is 0 Å². The lowest BCUT2D eigenvalue weighted by atomic mass is 9.91. The number of ketones is 1. The molecule has 0 aliphatic carbocycles. The Bertz CT molecular complexity index is 649. The van der Waals surface area contributed by atoms with Crippen LogP contribution in [0.15, 0.2) is 12.4 Å². The first-order chi connectivity index (χ1) is 9.69. The molecule has 0 aromatic carbocycles. The zero-order valence-electron chi connectivity index (χ0n) is 12.7. The minimum Gasteiger partial charge on any atom is -0.294 e. The standard InChI is InChI=1S/C15H22N2O3S/c1-15(2,3)17-9-11(8-16-17)14(18)10-6-12-4-5-13(7-10)21(12,19)20/h8-10,12-13H,4-7H2,1-3H3. The highest BCUT2D eigenvalue weighted by molar-refractivity contribution is 7.93. The molecule has 21 heavy (non-hydrogen) atoms. The van der Waals surface area contributed by atoms with Gasteiger partial charge in [0.05, 0.1) is 27.8 Å². The molecule has 3 heterocycles. The van der Waals surface area contributed by atoms with Gasteiger partial charge < -0.3 is 0 Å². The summed E-state index contributed by atoms with van der Waals surface area (Å²) in [5.74, 6) is -0.110. The van der Waals surface area contributed by atoms with E-state index in [9.17, 15) is 13.2 Å². The molecule has 6 heteroatoms. The molecule has 1 aromatic heterocycles. The molecular formula is C15H22N2O3S. The number of Topliss-reactive ketones (excluding diaryl/α,β-unsaturated/α-hetero) is 1. The molecule has 2 aliphatic rings. The molecule has 2 unspecified atom stereocenters. The van der Waals surface area contributed by atoms with E-state index in [1.807, 2.05) is 20.8 Å². The molecule has 0 spiro atoms. The van der Waals surface area contributed by atoms with E-state index in [1.165, 1.54) is 0 Å². The first kappa shape index (κ1) is 14.8. The predicted molar refractivity (Wildman–Crippen MR) is 80.0 cm³/mol. The average Bonchev–Trinajstić information content (AvgIpc) is 2.87. The van der Waals surface area contributed by atoms with E-state index in [-0.39, 0.29) is 27.7 Å². The number of hydrogen-bond acceptors (Lipinski definition) is 4. The summed E-state index contributed by atoms with van der Waals surface area (Å²) in [6.45, 7) is 6.09. The summed E-state index contributed by atoms with van der Waals surface area (Å²) in [7, 11) is -2.97. The van der Waals surface area contributed by atoms with Crippen molar-refractivity contribution in [2.45, 2.75) is 62.5 Å². The van der Waals surface area contributed by atoms with Gasteiger partial charge in [-0.05, 0) is 46.5 Å². The van der Waals surface area contributed by atoms with Crippen molar-refractivity contribution < 1.29 is 13.2 Å². The van der Waals surface area contributed by atoms with E-state index in [0.717, 1.165) is 12.8 Å². The van der Waals surface area contributed by atoms with E-state index in [0.29, 0.717) is 18.4 Å². The van der Waals surface area contributed by atoms with Crippen LogP contribution in [0.2, 0.25) is 0 Å². The number of rotatable bonds is 2. The summed E-state index contributed by atoms with van der Waals surface area (Å²) in [6.07, 6.45) is 5.80. The van der Waals surface area contributed by atoms with Gasteiger partial charge in [0.2, 0.25) is 0 Å². The van der Waals surface area contributed by atoms with Crippen molar-refractivity contribution >= 4 is 15.6 Å². The number of carbonyl (C=O) groups excluding carboxylic acids is 1. The van der Waals surface area contributed by atoms with Crippen LogP contribution < -0.4 is 0 Å². The van der Waals surface area contributed by atoms with Gasteiger partial charge in [0.25, 0.3) is 0 Å². The van der Waals surface area contributed by atoms with Crippen LogP contribution in [0.25, 0.3) is 0 Å². The SMILES string of the molecule is CC(C)(C)n1cc(C(=O)C2CC3CCC(C2)S3(=O)=O)cn1. The van der Waals surface area contributed by atoms with Gasteiger partial charge in [0, 0.05) is 12.1 Å². The number of aromatic nitrogens is 2. The molecule has 1 aromatic rings. The summed E-state index contributed by atoms with van der Waals surface area (Å²) in [6, 6.07) is 0. The lowest BCUT2D eigenvalue weighted by Crippen LogP contribution is -2.36. The quantitative estimate of drug-likeness (QED) is 0.785. The Morgan fingerprint density at radius 1 is 1.24 bits per heavy atom. The van der Waals surface area contributed by atoms with Gasteiger partial charge in [-0.3, -0.25) is 9.48 Å². The maximum absolute atomic E-state index is 12.6. The Kier molecular flexibility index (Phi) is 3.28. The molecule has 0 N–H and O–H groups in total. The van der Waals surface area contributed by atoms with Gasteiger partial charge in [0.1, 0.15) is 0 Å². The molecule has 2 bridgehead atoms. The van der Waals surface area contributed by atoms with E-state index in [1.54, 1.807) is 17.1 Å². The molecule has 2 aliphatic heterocycles. The molecule has 2 fully saturated rings. The van der Waals surface area contributed by atoms with Crippen molar-refractivity contribution in [1.82, 2.24) is 9.78 Å². The number of sulfone groups is 1. The summed E-state index contributed by atoms with van der Waals surface area (Å²) in [5.41, 5.74) is 0.446. The summed E-state index contributed by atoms with van der Waals surface area (Å²) < 4.78 is 26.0. The maximum Gasteiger partial charge on any atom is 0.169 e. The Morgan fingerprint density at radius 2 is 1.81 bits per heavy atom. The van der Waals surface area contributed by atoms with E-state index >= 15 is 0 Å². The molecule has 2 saturated heterocycles. The minimum absolute atomic E-state index is 0.0531. The van der Waals surface area contributed by atoms with Crippen molar-refractivity contribution in [1.29, 1.82) is 0 Å². The van der Waals surface area contributed by atoms with Crippen molar-refractivity contribution in [2.24, 2.45) is 5.92 Å². The van der Waals surface area contributed by atoms with Gasteiger partial charge >= 0.3 is 0 Å². The van der Waals surface area contributed by atoms with Crippen LogP contribution in [0.5, 0.6) is 0 Å². The van der Waals surface area contributed by atoms with Crippen LogP contribution in [0.4, 0.5) is 0 Å². The second-order valence-electron chi connectivity index (χ2n) is 7.29. The van der Waals surface area contributed by atoms with Gasteiger partial charge in [-0.25, -0.2) is 8.42 Å².